The number of nitrogens with zero attached hydrogens (tertiary/aromatic N) is 2. The number of rotatable bonds is 3. The molecular weight excluding hydrogens is 332 g/mol. The minimum absolute atomic E-state index is 0.159. The van der Waals surface area contributed by atoms with Crippen molar-refractivity contribution >= 4 is 5.97 Å². The van der Waals surface area contributed by atoms with Gasteiger partial charge in [-0.05, 0) is 50.6 Å². The first-order valence-electron chi connectivity index (χ1n) is 8.27. The fourth-order valence-electron chi connectivity index (χ4n) is 2.94. The number of ether oxygens (including phenoxy) is 3. The van der Waals surface area contributed by atoms with Crippen molar-refractivity contribution in [2.24, 2.45) is 0 Å². The molecule has 4 rings (SSSR count). The smallest absolute Gasteiger partial charge is 0.344 e. The van der Waals surface area contributed by atoms with Crippen molar-refractivity contribution in [2.45, 2.75) is 20.8 Å². The lowest BCUT2D eigenvalue weighted by Crippen LogP contribution is -2.12. The van der Waals surface area contributed by atoms with Crippen molar-refractivity contribution in [3.63, 3.8) is 0 Å². The number of benzene rings is 2. The number of hydrogen-bond donors (Lipinski definition) is 0. The highest BCUT2D eigenvalue weighted by molar-refractivity contribution is 5.91. The molecule has 0 radical (unpaired) electrons. The Hall–Kier alpha value is -3.28. The van der Waals surface area contributed by atoms with Gasteiger partial charge >= 0.3 is 5.97 Å². The molecule has 6 nitrogen and oxygen atoms in total. The van der Waals surface area contributed by atoms with E-state index in [9.17, 15) is 4.79 Å². The van der Waals surface area contributed by atoms with Crippen LogP contribution >= 0.6 is 0 Å². The molecule has 0 spiro atoms. The summed E-state index contributed by atoms with van der Waals surface area (Å²) in [6.07, 6.45) is 0. The quantitative estimate of drug-likeness (QED) is 0.673. The SMILES string of the molecule is Cc1ccc(-n2nc(C)cc2OC(=O)c2ccc3c(c2)OCO3)c(C)c1. The highest BCUT2D eigenvalue weighted by Crippen LogP contribution is 2.33. The molecule has 0 saturated heterocycles. The van der Waals surface area contributed by atoms with Crippen LogP contribution in [0.1, 0.15) is 27.2 Å². The van der Waals surface area contributed by atoms with Crippen LogP contribution < -0.4 is 14.2 Å². The predicted octanol–water partition coefficient (Wildman–Crippen LogP) is 3.75. The molecule has 0 N–H and O–H groups in total. The van der Waals surface area contributed by atoms with Crippen LogP contribution in [0.5, 0.6) is 17.4 Å². The number of aromatic nitrogens is 2. The van der Waals surface area contributed by atoms with Crippen molar-refractivity contribution in [1.82, 2.24) is 9.78 Å². The number of hydrogen-bond acceptors (Lipinski definition) is 5. The summed E-state index contributed by atoms with van der Waals surface area (Å²) in [6.45, 7) is 6.05. The van der Waals surface area contributed by atoms with E-state index in [2.05, 4.69) is 11.2 Å². The van der Waals surface area contributed by atoms with Gasteiger partial charge in [-0.2, -0.15) is 5.10 Å². The van der Waals surface area contributed by atoms with Crippen molar-refractivity contribution < 1.29 is 19.0 Å². The Balaban J connectivity index is 1.65. The lowest BCUT2D eigenvalue weighted by atomic mass is 10.1. The maximum atomic E-state index is 12.6. The fourth-order valence-corrected chi connectivity index (χ4v) is 2.94. The molecule has 0 bridgehead atoms. The second-order valence-corrected chi connectivity index (χ2v) is 6.28. The first-order chi connectivity index (χ1) is 12.5. The van der Waals surface area contributed by atoms with Crippen molar-refractivity contribution in [1.29, 1.82) is 0 Å². The highest BCUT2D eigenvalue weighted by atomic mass is 16.7. The molecule has 3 aromatic rings. The Labute approximate surface area is 150 Å². The normalized spacial score (nSPS) is 12.3. The Morgan fingerprint density at radius 3 is 2.65 bits per heavy atom. The molecule has 2 aromatic carbocycles. The van der Waals surface area contributed by atoms with E-state index >= 15 is 0 Å². The zero-order chi connectivity index (χ0) is 18.3. The molecule has 2 heterocycles. The van der Waals surface area contributed by atoms with E-state index in [1.807, 2.05) is 32.9 Å². The Morgan fingerprint density at radius 2 is 1.85 bits per heavy atom. The molecule has 1 aromatic heterocycles. The summed E-state index contributed by atoms with van der Waals surface area (Å²) in [5, 5.41) is 4.47. The first kappa shape index (κ1) is 16.2. The zero-order valence-corrected chi connectivity index (χ0v) is 14.8. The van der Waals surface area contributed by atoms with Gasteiger partial charge in [0.1, 0.15) is 0 Å². The van der Waals surface area contributed by atoms with Gasteiger partial charge in [0.15, 0.2) is 11.5 Å². The van der Waals surface area contributed by atoms with Gasteiger partial charge in [0.2, 0.25) is 12.7 Å². The summed E-state index contributed by atoms with van der Waals surface area (Å²) in [5.74, 6) is 1.06. The molecule has 0 aliphatic carbocycles. The summed E-state index contributed by atoms with van der Waals surface area (Å²) in [6, 6.07) is 12.7. The minimum atomic E-state index is -0.478. The molecule has 0 atom stereocenters. The maximum absolute atomic E-state index is 12.6. The van der Waals surface area contributed by atoms with Gasteiger partial charge in [-0.3, -0.25) is 0 Å². The number of aryl methyl sites for hydroxylation is 3. The third kappa shape index (κ3) is 2.90. The van der Waals surface area contributed by atoms with Crippen molar-refractivity contribution in [3.05, 3.63) is 64.8 Å². The van der Waals surface area contributed by atoms with Crippen LogP contribution in [0, 0.1) is 20.8 Å². The van der Waals surface area contributed by atoms with E-state index in [1.54, 1.807) is 28.9 Å². The molecule has 26 heavy (non-hydrogen) atoms. The molecule has 0 amide bonds. The topological polar surface area (TPSA) is 62.6 Å². The Kier molecular flexibility index (Phi) is 3.88. The number of carbonyl (C=O) groups is 1. The molecule has 6 heteroatoms. The average Bonchev–Trinajstić information content (AvgIpc) is 3.20. The van der Waals surface area contributed by atoms with Crippen LogP contribution in [-0.2, 0) is 0 Å². The Morgan fingerprint density at radius 1 is 1.04 bits per heavy atom. The van der Waals surface area contributed by atoms with E-state index < -0.39 is 5.97 Å². The van der Waals surface area contributed by atoms with Crippen molar-refractivity contribution in [2.75, 3.05) is 6.79 Å². The number of esters is 1. The Bertz CT molecular complexity index is 1010. The third-order valence-corrected chi connectivity index (χ3v) is 4.18. The summed E-state index contributed by atoms with van der Waals surface area (Å²) in [4.78, 5) is 12.6. The molecule has 132 valence electrons. The fraction of sp³-hybridized carbons (Fsp3) is 0.200. The maximum Gasteiger partial charge on any atom is 0.344 e. The van der Waals surface area contributed by atoms with Gasteiger partial charge in [-0.25, -0.2) is 9.48 Å². The van der Waals surface area contributed by atoms with Gasteiger partial charge in [0, 0.05) is 6.07 Å². The average molecular weight is 350 g/mol. The van der Waals surface area contributed by atoms with Crippen LogP contribution in [-0.4, -0.2) is 22.5 Å². The third-order valence-electron chi connectivity index (χ3n) is 4.18. The second-order valence-electron chi connectivity index (χ2n) is 6.28. The molecule has 0 unspecified atom stereocenters. The summed E-state index contributed by atoms with van der Waals surface area (Å²) in [5.41, 5.74) is 4.23. The highest BCUT2D eigenvalue weighted by Gasteiger charge is 2.20. The van der Waals surface area contributed by atoms with E-state index in [0.29, 0.717) is 22.9 Å². The van der Waals surface area contributed by atoms with Crippen LogP contribution in [0.2, 0.25) is 0 Å². The van der Waals surface area contributed by atoms with Crippen LogP contribution in [0.25, 0.3) is 5.69 Å². The minimum Gasteiger partial charge on any atom is -0.454 e. The molecule has 1 aliphatic heterocycles. The van der Waals surface area contributed by atoms with Gasteiger partial charge in [0.05, 0.1) is 16.9 Å². The number of carbonyl (C=O) groups excluding carboxylic acids is 1. The van der Waals surface area contributed by atoms with E-state index in [-0.39, 0.29) is 6.79 Å². The van der Waals surface area contributed by atoms with Crippen LogP contribution in [0.15, 0.2) is 42.5 Å². The lowest BCUT2D eigenvalue weighted by molar-refractivity contribution is 0.0722. The monoisotopic (exact) mass is 350 g/mol. The second kappa shape index (κ2) is 6.22. The largest absolute Gasteiger partial charge is 0.454 e. The van der Waals surface area contributed by atoms with Crippen LogP contribution in [0.4, 0.5) is 0 Å². The predicted molar refractivity (Wildman–Crippen MR) is 95.3 cm³/mol. The standard InChI is InChI=1S/C20H18N2O4/c1-12-4-6-16(13(2)8-12)22-19(9-14(3)21-22)26-20(23)15-5-7-17-18(10-15)25-11-24-17/h4-10H,11H2,1-3H3. The van der Waals surface area contributed by atoms with E-state index in [0.717, 1.165) is 22.5 Å². The van der Waals surface area contributed by atoms with Gasteiger partial charge in [-0.1, -0.05) is 17.7 Å². The molecule has 1 aliphatic rings. The summed E-state index contributed by atoms with van der Waals surface area (Å²) < 4.78 is 17.8. The van der Waals surface area contributed by atoms with Crippen LogP contribution in [0.3, 0.4) is 0 Å². The lowest BCUT2D eigenvalue weighted by Gasteiger charge is -2.11. The summed E-state index contributed by atoms with van der Waals surface area (Å²) >= 11 is 0. The number of fused-ring (bicyclic) bond motifs is 1. The zero-order valence-electron chi connectivity index (χ0n) is 14.8. The summed E-state index contributed by atoms with van der Waals surface area (Å²) in [7, 11) is 0. The molecule has 0 fully saturated rings. The van der Waals surface area contributed by atoms with Gasteiger partial charge < -0.3 is 14.2 Å². The molecular formula is C20H18N2O4. The van der Waals surface area contributed by atoms with Crippen molar-refractivity contribution in [3.8, 4) is 23.1 Å². The van der Waals surface area contributed by atoms with Gasteiger partial charge in [-0.15, -0.1) is 0 Å². The van der Waals surface area contributed by atoms with E-state index in [4.69, 9.17) is 14.2 Å². The molecule has 0 saturated carbocycles. The van der Waals surface area contributed by atoms with E-state index in [1.165, 1.54) is 0 Å². The van der Waals surface area contributed by atoms with Gasteiger partial charge in [0.25, 0.3) is 0 Å². The first-order valence-corrected chi connectivity index (χ1v) is 8.27.